The highest BCUT2D eigenvalue weighted by atomic mass is 32.2. The van der Waals surface area contributed by atoms with Gasteiger partial charge in [-0.15, -0.1) is 11.8 Å². The van der Waals surface area contributed by atoms with Gasteiger partial charge in [0, 0.05) is 36.2 Å². The third-order valence-electron chi connectivity index (χ3n) is 5.66. The molecule has 1 aromatic heterocycles. The predicted molar refractivity (Wildman–Crippen MR) is 123 cm³/mol. The van der Waals surface area contributed by atoms with Crippen molar-refractivity contribution in [2.45, 2.75) is 26.4 Å². The molecular formula is C24H26N4O2S. The summed E-state index contributed by atoms with van der Waals surface area (Å²) >= 11 is 1.61. The Balaban J connectivity index is 1.51. The molecule has 6 nitrogen and oxygen atoms in total. The summed E-state index contributed by atoms with van der Waals surface area (Å²) in [5.74, 6) is 1.01. The van der Waals surface area contributed by atoms with Crippen molar-refractivity contribution in [1.29, 1.82) is 0 Å². The van der Waals surface area contributed by atoms with Crippen molar-refractivity contribution in [2.75, 3.05) is 18.7 Å². The summed E-state index contributed by atoms with van der Waals surface area (Å²) in [7, 11) is 1.80. The molecule has 2 heterocycles. The van der Waals surface area contributed by atoms with Crippen molar-refractivity contribution < 1.29 is 9.59 Å². The number of rotatable bonds is 5. The molecule has 0 N–H and O–H groups in total. The average Bonchev–Trinajstić information content (AvgIpc) is 3.40. The van der Waals surface area contributed by atoms with Gasteiger partial charge in [0.05, 0.1) is 17.3 Å². The van der Waals surface area contributed by atoms with Crippen LogP contribution in [-0.2, 0) is 11.3 Å². The standard InChI is InChI=1S/C24H26N4O2S/c1-17-21(18(2)28(25-17)20-12-8-5-9-13-20)14-26(3)24(30)22-15-31-16-27(22)23(29)19-10-6-4-7-11-19/h4-13,22H,14-16H2,1-3H3/t22-/m1/s1. The Bertz CT molecular complexity index is 1080. The summed E-state index contributed by atoms with van der Waals surface area (Å²) in [5.41, 5.74) is 4.56. The van der Waals surface area contributed by atoms with Gasteiger partial charge in [0.1, 0.15) is 6.04 Å². The first-order valence-corrected chi connectivity index (χ1v) is 11.4. The van der Waals surface area contributed by atoms with E-state index in [0.29, 0.717) is 23.7 Å². The number of amides is 2. The number of thioether (sulfide) groups is 1. The quantitative estimate of drug-likeness (QED) is 0.615. The van der Waals surface area contributed by atoms with Crippen LogP contribution in [-0.4, -0.2) is 56.1 Å². The number of likely N-dealkylation sites (N-methyl/N-ethyl adjacent to an activating group) is 1. The number of nitrogens with zero attached hydrogens (tertiary/aromatic N) is 4. The fraction of sp³-hybridized carbons (Fsp3) is 0.292. The summed E-state index contributed by atoms with van der Waals surface area (Å²) < 4.78 is 1.92. The van der Waals surface area contributed by atoms with Crippen LogP contribution in [0, 0.1) is 13.8 Å². The van der Waals surface area contributed by atoms with Crippen LogP contribution >= 0.6 is 11.8 Å². The fourth-order valence-corrected chi connectivity index (χ4v) is 5.03. The van der Waals surface area contributed by atoms with Crippen LogP contribution in [0.3, 0.4) is 0 Å². The van der Waals surface area contributed by atoms with Gasteiger partial charge >= 0.3 is 0 Å². The van der Waals surface area contributed by atoms with Gasteiger partial charge in [0.15, 0.2) is 0 Å². The van der Waals surface area contributed by atoms with E-state index in [0.717, 1.165) is 22.6 Å². The SMILES string of the molecule is Cc1nn(-c2ccccc2)c(C)c1CN(C)C(=O)[C@H]1CSCN1C(=O)c1ccccc1. The first-order valence-electron chi connectivity index (χ1n) is 10.3. The van der Waals surface area contributed by atoms with E-state index in [4.69, 9.17) is 0 Å². The van der Waals surface area contributed by atoms with Gasteiger partial charge in [0.2, 0.25) is 5.91 Å². The lowest BCUT2D eigenvalue weighted by Crippen LogP contribution is -2.47. The Morgan fingerprint density at radius 3 is 2.39 bits per heavy atom. The summed E-state index contributed by atoms with van der Waals surface area (Å²) in [5, 5.41) is 4.68. The number of carbonyl (C=O) groups excluding carboxylic acids is 2. The molecule has 2 amide bonds. The monoisotopic (exact) mass is 434 g/mol. The summed E-state index contributed by atoms with van der Waals surface area (Å²) in [4.78, 5) is 29.6. The molecule has 0 unspecified atom stereocenters. The van der Waals surface area contributed by atoms with Gasteiger partial charge in [0.25, 0.3) is 5.91 Å². The highest BCUT2D eigenvalue weighted by Gasteiger charge is 2.36. The lowest BCUT2D eigenvalue weighted by atomic mass is 10.1. The van der Waals surface area contributed by atoms with Crippen molar-refractivity contribution in [3.8, 4) is 5.69 Å². The number of aryl methyl sites for hydroxylation is 1. The molecule has 0 saturated carbocycles. The zero-order valence-electron chi connectivity index (χ0n) is 18.0. The molecule has 1 aliphatic heterocycles. The molecule has 0 bridgehead atoms. The highest BCUT2D eigenvalue weighted by Crippen LogP contribution is 2.26. The van der Waals surface area contributed by atoms with E-state index in [9.17, 15) is 9.59 Å². The van der Waals surface area contributed by atoms with E-state index in [1.807, 2.05) is 67.1 Å². The third-order valence-corrected chi connectivity index (χ3v) is 6.67. The van der Waals surface area contributed by atoms with Crippen LogP contribution in [0.1, 0.15) is 27.3 Å². The van der Waals surface area contributed by atoms with Crippen molar-refractivity contribution in [1.82, 2.24) is 19.6 Å². The zero-order chi connectivity index (χ0) is 22.0. The van der Waals surface area contributed by atoms with Gasteiger partial charge in [-0.05, 0) is 38.1 Å². The molecule has 160 valence electrons. The highest BCUT2D eigenvalue weighted by molar-refractivity contribution is 7.99. The van der Waals surface area contributed by atoms with Crippen LogP contribution in [0.15, 0.2) is 60.7 Å². The molecule has 2 aromatic carbocycles. The van der Waals surface area contributed by atoms with Crippen LogP contribution in [0.4, 0.5) is 0 Å². The van der Waals surface area contributed by atoms with E-state index in [1.54, 1.807) is 40.7 Å². The first kappa shape index (κ1) is 21.2. The Morgan fingerprint density at radius 1 is 1.06 bits per heavy atom. The van der Waals surface area contributed by atoms with E-state index >= 15 is 0 Å². The second-order valence-corrected chi connectivity index (χ2v) is 8.75. The maximum absolute atomic E-state index is 13.3. The molecule has 1 aliphatic rings. The van der Waals surface area contributed by atoms with Crippen molar-refractivity contribution in [3.05, 3.63) is 83.2 Å². The lowest BCUT2D eigenvalue weighted by Gasteiger charge is -2.27. The average molecular weight is 435 g/mol. The fourth-order valence-electron chi connectivity index (χ4n) is 3.89. The van der Waals surface area contributed by atoms with E-state index < -0.39 is 6.04 Å². The van der Waals surface area contributed by atoms with Crippen molar-refractivity contribution in [2.24, 2.45) is 0 Å². The van der Waals surface area contributed by atoms with Gasteiger partial charge in [-0.2, -0.15) is 5.10 Å². The molecule has 0 aliphatic carbocycles. The number of carbonyl (C=O) groups is 2. The lowest BCUT2D eigenvalue weighted by molar-refractivity contribution is -0.134. The minimum atomic E-state index is -0.451. The van der Waals surface area contributed by atoms with Gasteiger partial charge < -0.3 is 9.80 Å². The second-order valence-electron chi connectivity index (χ2n) is 7.75. The Hall–Kier alpha value is -3.06. The molecule has 1 saturated heterocycles. The minimum absolute atomic E-state index is 0.0412. The summed E-state index contributed by atoms with van der Waals surface area (Å²) in [6.45, 7) is 4.45. The molecule has 31 heavy (non-hydrogen) atoms. The summed E-state index contributed by atoms with van der Waals surface area (Å²) in [6, 6.07) is 18.7. The molecule has 1 atom stereocenters. The zero-order valence-corrected chi connectivity index (χ0v) is 18.8. The minimum Gasteiger partial charge on any atom is -0.339 e. The molecule has 4 rings (SSSR count). The van der Waals surface area contributed by atoms with Crippen LogP contribution in [0.2, 0.25) is 0 Å². The molecule has 1 fully saturated rings. The van der Waals surface area contributed by atoms with Crippen LogP contribution in [0.25, 0.3) is 5.69 Å². The first-order chi connectivity index (χ1) is 15.0. The van der Waals surface area contributed by atoms with Crippen molar-refractivity contribution >= 4 is 23.6 Å². The molecule has 3 aromatic rings. The van der Waals surface area contributed by atoms with E-state index in [1.165, 1.54) is 0 Å². The maximum Gasteiger partial charge on any atom is 0.255 e. The third kappa shape index (κ3) is 4.23. The molecule has 7 heteroatoms. The Morgan fingerprint density at radius 2 is 1.71 bits per heavy atom. The number of benzene rings is 2. The summed E-state index contributed by atoms with van der Waals surface area (Å²) in [6.07, 6.45) is 0. The van der Waals surface area contributed by atoms with Crippen LogP contribution < -0.4 is 0 Å². The molecule has 0 spiro atoms. The number of aromatic nitrogens is 2. The number of para-hydroxylation sites is 1. The van der Waals surface area contributed by atoms with E-state index in [-0.39, 0.29) is 11.8 Å². The topological polar surface area (TPSA) is 58.4 Å². The Labute approximate surface area is 186 Å². The number of hydrogen-bond acceptors (Lipinski definition) is 4. The molecule has 0 radical (unpaired) electrons. The Kier molecular flexibility index (Phi) is 6.13. The van der Waals surface area contributed by atoms with Crippen LogP contribution in [0.5, 0.6) is 0 Å². The van der Waals surface area contributed by atoms with Gasteiger partial charge in [-0.1, -0.05) is 36.4 Å². The number of hydrogen-bond donors (Lipinski definition) is 0. The van der Waals surface area contributed by atoms with Gasteiger partial charge in [-0.25, -0.2) is 4.68 Å². The largest absolute Gasteiger partial charge is 0.339 e. The molecular weight excluding hydrogens is 408 g/mol. The predicted octanol–water partition coefficient (Wildman–Crippen LogP) is 3.66. The van der Waals surface area contributed by atoms with E-state index in [2.05, 4.69) is 5.10 Å². The smallest absolute Gasteiger partial charge is 0.255 e. The normalized spacial score (nSPS) is 15.8. The van der Waals surface area contributed by atoms with Gasteiger partial charge in [-0.3, -0.25) is 9.59 Å². The van der Waals surface area contributed by atoms with Crippen molar-refractivity contribution in [3.63, 3.8) is 0 Å². The second kappa shape index (κ2) is 8.98. The maximum atomic E-state index is 13.3.